The van der Waals surface area contributed by atoms with Crippen LogP contribution in [0.5, 0.6) is 0 Å². The van der Waals surface area contributed by atoms with Gasteiger partial charge in [-0.3, -0.25) is 0 Å². The molecule has 0 aliphatic carbocycles. The van der Waals surface area contributed by atoms with Crippen molar-refractivity contribution in [2.45, 2.75) is 77.6 Å². The van der Waals surface area contributed by atoms with Crippen LogP contribution in [0.4, 0.5) is 0 Å². The number of oxime groups is 3. The second-order valence-electron chi connectivity index (χ2n) is 15.2. The monoisotopic (exact) mass is 657 g/mol. The van der Waals surface area contributed by atoms with Gasteiger partial charge >= 0.3 is 0 Å². The predicted molar refractivity (Wildman–Crippen MR) is 190 cm³/mol. The third-order valence-corrected chi connectivity index (χ3v) is 23.3. The Hall–Kier alpha value is -2.64. The zero-order valence-corrected chi connectivity index (χ0v) is 30.3. The SMILES string of the molecule is CC(C)(C)C12ON=C(c3ccccc3)P1C1(C(C)(C)C)ON=C(c3ccccc3)P1C1(C(C)(C)C)ON=C(c3ccccc3)P21. The number of fused-ring (bicyclic) bond motifs is 6. The minimum Gasteiger partial charge on any atom is -0.378 e. The summed E-state index contributed by atoms with van der Waals surface area (Å²) in [5.74, 6) is 0. The molecule has 0 atom stereocenters. The molecule has 4 heterocycles. The van der Waals surface area contributed by atoms with E-state index in [1.54, 1.807) is 0 Å². The standard InChI is InChI=1S/C36H42N3O3P3/c1-31(2,3)34-40-37-28(25-19-13-10-14-20-25)43(34)36(33(7,8)9)42-39-30(27-23-17-12-18-24-27)45(36)35(32(4,5)6)41-38-29(44(34)35)26-21-15-11-16-22-26/h10-24H,1-9H3. The van der Waals surface area contributed by atoms with Gasteiger partial charge in [-0.25, -0.2) is 0 Å². The van der Waals surface area contributed by atoms with E-state index in [9.17, 15) is 0 Å². The van der Waals surface area contributed by atoms with Crippen LogP contribution in [0, 0.1) is 16.2 Å². The van der Waals surface area contributed by atoms with E-state index < -0.39 is 39.0 Å². The highest BCUT2D eigenvalue weighted by Crippen LogP contribution is 3.03. The molecule has 9 heteroatoms. The molecule has 234 valence electrons. The molecule has 7 rings (SSSR count). The summed E-state index contributed by atoms with van der Waals surface area (Å²) in [5, 5.41) is 13.1. The van der Waals surface area contributed by atoms with E-state index in [0.717, 1.165) is 33.0 Å². The summed E-state index contributed by atoms with van der Waals surface area (Å²) < 4.78 is 0. The number of rotatable bonds is 3. The lowest BCUT2D eigenvalue weighted by Crippen LogP contribution is -2.62. The molecule has 0 N–H and O–H groups in total. The molecule has 6 nitrogen and oxygen atoms in total. The maximum absolute atomic E-state index is 7.20. The summed E-state index contributed by atoms with van der Waals surface area (Å²) in [6.07, 6.45) is 0. The highest BCUT2D eigenvalue weighted by atomic mass is 31.2. The van der Waals surface area contributed by atoms with Crippen molar-refractivity contribution in [3.05, 3.63) is 108 Å². The van der Waals surface area contributed by atoms with Crippen LogP contribution in [0.25, 0.3) is 0 Å². The summed E-state index contributed by atoms with van der Waals surface area (Å²) in [7, 11) is -3.90. The van der Waals surface area contributed by atoms with E-state index in [4.69, 9.17) is 30.0 Å². The highest BCUT2D eigenvalue weighted by molar-refractivity contribution is 8.09. The molecule has 4 aliphatic heterocycles. The maximum Gasteiger partial charge on any atom is 0.197 e. The van der Waals surface area contributed by atoms with Gasteiger partial charge in [0.15, 0.2) is 15.2 Å². The average molecular weight is 658 g/mol. The topological polar surface area (TPSA) is 64.8 Å². The van der Waals surface area contributed by atoms with Gasteiger partial charge in [0.1, 0.15) is 16.4 Å². The Labute approximate surface area is 270 Å². The molecule has 0 saturated carbocycles. The van der Waals surface area contributed by atoms with Crippen molar-refractivity contribution in [3.8, 4) is 0 Å². The van der Waals surface area contributed by atoms with E-state index in [1.807, 2.05) is 0 Å². The maximum atomic E-state index is 7.20. The fourth-order valence-electron chi connectivity index (χ4n) is 7.20. The molecule has 4 aliphatic rings. The molecule has 0 spiro atoms. The van der Waals surface area contributed by atoms with Gasteiger partial charge in [-0.2, -0.15) is 0 Å². The number of benzene rings is 3. The Balaban J connectivity index is 1.63. The van der Waals surface area contributed by atoms with E-state index in [-0.39, 0.29) is 16.2 Å². The van der Waals surface area contributed by atoms with Gasteiger partial charge in [-0.15, -0.1) is 0 Å². The summed E-state index contributed by atoms with van der Waals surface area (Å²) in [6.45, 7) is 20.8. The molecule has 3 aromatic rings. The molecule has 1 saturated heterocycles. The van der Waals surface area contributed by atoms with Crippen molar-refractivity contribution in [1.29, 1.82) is 0 Å². The minimum atomic E-state index is -1.30. The first-order valence-corrected chi connectivity index (χ1v) is 19.6. The van der Waals surface area contributed by atoms with Gasteiger partial charge in [0.05, 0.1) is 23.8 Å². The molecule has 0 unspecified atom stereocenters. The molecule has 0 amide bonds. The van der Waals surface area contributed by atoms with E-state index in [2.05, 4.69) is 153 Å². The Morgan fingerprint density at radius 2 is 0.622 bits per heavy atom. The normalized spacial score (nSPS) is 32.2. The number of nitrogens with zero attached hydrogens (tertiary/aromatic N) is 3. The second kappa shape index (κ2) is 10.2. The summed E-state index contributed by atoms with van der Waals surface area (Å²) >= 11 is 0. The number of hydrogen-bond donors (Lipinski definition) is 0. The predicted octanol–water partition coefficient (Wildman–Crippen LogP) is 10.7. The summed E-state index contributed by atoms with van der Waals surface area (Å²) in [6, 6.07) is 31.6. The molecule has 0 radical (unpaired) electrons. The van der Waals surface area contributed by atoms with Crippen molar-refractivity contribution in [3.63, 3.8) is 0 Å². The van der Waals surface area contributed by atoms with E-state index >= 15 is 0 Å². The smallest absolute Gasteiger partial charge is 0.197 e. The second-order valence-corrected chi connectivity index (χ2v) is 23.3. The van der Waals surface area contributed by atoms with Crippen LogP contribution >= 0.6 is 23.8 Å². The lowest BCUT2D eigenvalue weighted by molar-refractivity contribution is -0.0318. The van der Waals surface area contributed by atoms with Crippen LogP contribution in [0.1, 0.15) is 79.0 Å². The van der Waals surface area contributed by atoms with Crippen molar-refractivity contribution < 1.29 is 14.5 Å². The Morgan fingerprint density at radius 1 is 0.400 bits per heavy atom. The Bertz CT molecular complexity index is 1490. The van der Waals surface area contributed by atoms with Crippen LogP contribution < -0.4 is 0 Å². The van der Waals surface area contributed by atoms with Crippen molar-refractivity contribution in [1.82, 2.24) is 0 Å². The third kappa shape index (κ3) is 4.01. The van der Waals surface area contributed by atoms with Crippen LogP contribution in [0.15, 0.2) is 106 Å². The Morgan fingerprint density at radius 3 is 0.822 bits per heavy atom. The van der Waals surface area contributed by atoms with Gasteiger partial charge in [0.25, 0.3) is 0 Å². The zero-order valence-electron chi connectivity index (χ0n) is 27.6. The molecular formula is C36H42N3O3P3. The van der Waals surface area contributed by atoms with E-state index in [0.29, 0.717) is 0 Å². The summed E-state index contributed by atoms with van der Waals surface area (Å²) in [5.41, 5.74) is 5.05. The van der Waals surface area contributed by atoms with Crippen LogP contribution in [-0.2, 0) is 14.5 Å². The zero-order chi connectivity index (χ0) is 32.0. The highest BCUT2D eigenvalue weighted by Gasteiger charge is 2.89. The number of hydrogen-bond acceptors (Lipinski definition) is 6. The molecule has 0 bridgehead atoms. The lowest BCUT2D eigenvalue weighted by Gasteiger charge is -2.66. The van der Waals surface area contributed by atoms with Gasteiger partial charge in [-0.05, 0) is 0 Å². The molecule has 3 aromatic carbocycles. The van der Waals surface area contributed by atoms with Crippen molar-refractivity contribution in [2.24, 2.45) is 31.7 Å². The lowest BCUT2D eigenvalue weighted by atomic mass is 9.96. The van der Waals surface area contributed by atoms with Crippen molar-refractivity contribution in [2.75, 3.05) is 0 Å². The minimum absolute atomic E-state index is 0.372. The molecular weight excluding hydrogens is 615 g/mol. The van der Waals surface area contributed by atoms with Gasteiger partial charge in [0.2, 0.25) is 0 Å². The molecule has 0 aromatic heterocycles. The van der Waals surface area contributed by atoms with E-state index in [1.165, 1.54) is 0 Å². The fourth-order valence-corrected chi connectivity index (χ4v) is 23.8. The largest absolute Gasteiger partial charge is 0.378 e. The first kappa shape index (κ1) is 31.0. The first-order chi connectivity index (χ1) is 21.2. The fraction of sp³-hybridized carbons (Fsp3) is 0.417. The third-order valence-electron chi connectivity index (χ3n) is 9.26. The van der Waals surface area contributed by atoms with Gasteiger partial charge < -0.3 is 14.5 Å². The molecule has 45 heavy (non-hydrogen) atoms. The van der Waals surface area contributed by atoms with Crippen LogP contribution in [-0.4, -0.2) is 31.6 Å². The van der Waals surface area contributed by atoms with Crippen LogP contribution in [0.2, 0.25) is 0 Å². The average Bonchev–Trinajstić information content (AvgIpc) is 3.71. The van der Waals surface area contributed by atoms with Crippen LogP contribution in [0.3, 0.4) is 0 Å². The van der Waals surface area contributed by atoms with Gasteiger partial charge in [0, 0.05) is 32.9 Å². The first-order valence-electron chi connectivity index (χ1n) is 15.6. The Kier molecular flexibility index (Phi) is 7.01. The quantitative estimate of drug-likeness (QED) is 0.263. The molecule has 1 fully saturated rings. The van der Waals surface area contributed by atoms with Gasteiger partial charge in [-0.1, -0.05) is 169 Å². The summed E-state index contributed by atoms with van der Waals surface area (Å²) in [4.78, 5) is 21.6. The van der Waals surface area contributed by atoms with Crippen molar-refractivity contribution >= 4 is 40.1 Å².